The summed E-state index contributed by atoms with van der Waals surface area (Å²) >= 11 is 0. The molecule has 0 spiro atoms. The van der Waals surface area contributed by atoms with Crippen molar-refractivity contribution < 1.29 is 8.42 Å². The van der Waals surface area contributed by atoms with Crippen molar-refractivity contribution >= 4 is 16.0 Å². The van der Waals surface area contributed by atoms with E-state index in [4.69, 9.17) is 0 Å². The molecule has 0 unspecified atom stereocenters. The molecule has 0 bridgehead atoms. The Labute approximate surface area is 145 Å². The van der Waals surface area contributed by atoms with Crippen LogP contribution in [-0.4, -0.2) is 40.1 Å². The van der Waals surface area contributed by atoms with Gasteiger partial charge in [-0.1, -0.05) is 30.5 Å². The van der Waals surface area contributed by atoms with E-state index in [-0.39, 0.29) is 11.4 Å². The molecule has 3 N–H and O–H groups in total. The van der Waals surface area contributed by atoms with Gasteiger partial charge in [-0.05, 0) is 38.8 Å². The molecule has 1 aromatic rings. The van der Waals surface area contributed by atoms with E-state index in [1.165, 1.54) is 25.7 Å². The van der Waals surface area contributed by atoms with Crippen molar-refractivity contribution in [1.82, 2.24) is 15.4 Å². The van der Waals surface area contributed by atoms with Gasteiger partial charge >= 0.3 is 0 Å². The number of sulfonamides is 1. The van der Waals surface area contributed by atoms with Crippen LogP contribution >= 0.6 is 0 Å². The second kappa shape index (κ2) is 9.03. The molecule has 1 aromatic carbocycles. The van der Waals surface area contributed by atoms with Gasteiger partial charge in [-0.25, -0.2) is 13.1 Å². The Kier molecular flexibility index (Phi) is 7.05. The van der Waals surface area contributed by atoms with E-state index in [1.54, 1.807) is 24.3 Å². The normalized spacial score (nSPS) is 16.3. The summed E-state index contributed by atoms with van der Waals surface area (Å²) < 4.78 is 27.0. The number of guanidine groups is 1. The van der Waals surface area contributed by atoms with Crippen LogP contribution in [0, 0.1) is 6.92 Å². The van der Waals surface area contributed by atoms with Gasteiger partial charge in [0, 0.05) is 19.1 Å². The molecule has 1 aliphatic rings. The molecule has 0 aliphatic heterocycles. The molecule has 24 heavy (non-hydrogen) atoms. The van der Waals surface area contributed by atoms with Crippen LogP contribution in [0.2, 0.25) is 0 Å². The lowest BCUT2D eigenvalue weighted by Gasteiger charge is -2.16. The van der Waals surface area contributed by atoms with E-state index < -0.39 is 10.0 Å². The van der Waals surface area contributed by atoms with Crippen LogP contribution in [-0.2, 0) is 10.0 Å². The van der Waals surface area contributed by atoms with Gasteiger partial charge in [-0.15, -0.1) is 0 Å². The van der Waals surface area contributed by atoms with Crippen molar-refractivity contribution in [1.29, 1.82) is 0 Å². The molecule has 6 nitrogen and oxygen atoms in total. The quantitative estimate of drug-likeness (QED) is 0.397. The number of benzene rings is 1. The van der Waals surface area contributed by atoms with Gasteiger partial charge < -0.3 is 10.6 Å². The van der Waals surface area contributed by atoms with Gasteiger partial charge in [0.15, 0.2) is 5.96 Å². The summed E-state index contributed by atoms with van der Waals surface area (Å²) in [6.07, 6.45) is 4.86. The smallest absolute Gasteiger partial charge is 0.240 e. The van der Waals surface area contributed by atoms with Crippen molar-refractivity contribution in [3.8, 4) is 0 Å². The summed E-state index contributed by atoms with van der Waals surface area (Å²) in [6.45, 7) is 5.41. The summed E-state index contributed by atoms with van der Waals surface area (Å²) in [5, 5.41) is 6.62. The molecule has 2 rings (SSSR count). The SMILES string of the molecule is CCNC(=NCCNS(=O)(=O)c1ccc(C)cc1)NC1CCCC1. The lowest BCUT2D eigenvalue weighted by molar-refractivity contribution is 0.581. The Balaban J connectivity index is 1.85. The van der Waals surface area contributed by atoms with Crippen molar-refractivity contribution in [2.24, 2.45) is 4.99 Å². The molecule has 0 aromatic heterocycles. The molecule has 0 saturated heterocycles. The van der Waals surface area contributed by atoms with Crippen LogP contribution in [0.4, 0.5) is 0 Å². The summed E-state index contributed by atoms with van der Waals surface area (Å²) in [5.74, 6) is 0.763. The maximum atomic E-state index is 12.2. The van der Waals surface area contributed by atoms with E-state index >= 15 is 0 Å². The number of nitrogens with one attached hydrogen (secondary N) is 3. The third-order valence-electron chi connectivity index (χ3n) is 4.05. The number of rotatable bonds is 7. The lowest BCUT2D eigenvalue weighted by atomic mass is 10.2. The standard InChI is InChI=1S/C17H28N4O2S/c1-3-18-17(21-15-6-4-5-7-15)19-12-13-20-24(22,23)16-10-8-14(2)9-11-16/h8-11,15,20H,3-7,12-13H2,1-2H3,(H2,18,19,21). The average molecular weight is 353 g/mol. The molecule has 0 heterocycles. The highest BCUT2D eigenvalue weighted by Crippen LogP contribution is 2.17. The molecule has 0 atom stereocenters. The Morgan fingerprint density at radius 2 is 1.88 bits per heavy atom. The lowest BCUT2D eigenvalue weighted by Crippen LogP contribution is -2.42. The number of aryl methyl sites for hydroxylation is 1. The Morgan fingerprint density at radius 3 is 2.50 bits per heavy atom. The van der Waals surface area contributed by atoms with E-state index in [0.717, 1.165) is 18.1 Å². The van der Waals surface area contributed by atoms with Gasteiger partial charge in [0.25, 0.3) is 0 Å². The van der Waals surface area contributed by atoms with E-state index in [1.807, 2.05) is 13.8 Å². The molecule has 134 valence electrons. The van der Waals surface area contributed by atoms with E-state index in [2.05, 4.69) is 20.3 Å². The zero-order chi connectivity index (χ0) is 17.4. The minimum absolute atomic E-state index is 0.275. The maximum Gasteiger partial charge on any atom is 0.240 e. The predicted octanol–water partition coefficient (Wildman–Crippen LogP) is 1.77. The highest BCUT2D eigenvalue weighted by atomic mass is 32.2. The van der Waals surface area contributed by atoms with Crippen molar-refractivity contribution in [2.45, 2.75) is 50.5 Å². The monoisotopic (exact) mass is 352 g/mol. The highest BCUT2D eigenvalue weighted by Gasteiger charge is 2.16. The zero-order valence-corrected chi connectivity index (χ0v) is 15.3. The van der Waals surface area contributed by atoms with Crippen LogP contribution in [0.3, 0.4) is 0 Å². The second-order valence-electron chi connectivity index (χ2n) is 6.10. The summed E-state index contributed by atoms with van der Waals surface area (Å²) in [7, 11) is -3.47. The summed E-state index contributed by atoms with van der Waals surface area (Å²) in [4.78, 5) is 4.74. The van der Waals surface area contributed by atoms with Gasteiger partial charge in [0.1, 0.15) is 0 Å². The first-order valence-corrected chi connectivity index (χ1v) is 10.1. The first-order valence-electron chi connectivity index (χ1n) is 8.62. The first kappa shape index (κ1) is 18.7. The van der Waals surface area contributed by atoms with Crippen LogP contribution < -0.4 is 15.4 Å². The molecule has 1 saturated carbocycles. The molecule has 1 aliphatic carbocycles. The third-order valence-corrected chi connectivity index (χ3v) is 5.52. The fourth-order valence-electron chi connectivity index (χ4n) is 2.73. The average Bonchev–Trinajstić information content (AvgIpc) is 3.05. The Morgan fingerprint density at radius 1 is 1.21 bits per heavy atom. The van der Waals surface area contributed by atoms with Crippen LogP contribution in [0.25, 0.3) is 0 Å². The first-order chi connectivity index (χ1) is 11.5. The summed E-state index contributed by atoms with van der Waals surface area (Å²) in [6, 6.07) is 7.30. The van der Waals surface area contributed by atoms with Gasteiger partial charge in [-0.2, -0.15) is 0 Å². The number of hydrogen-bond acceptors (Lipinski definition) is 3. The molecular formula is C17H28N4O2S. The van der Waals surface area contributed by atoms with Crippen LogP contribution in [0.5, 0.6) is 0 Å². The Bertz CT molecular complexity index is 635. The fraction of sp³-hybridized carbons (Fsp3) is 0.588. The second-order valence-corrected chi connectivity index (χ2v) is 7.86. The zero-order valence-electron chi connectivity index (χ0n) is 14.5. The predicted molar refractivity (Wildman–Crippen MR) is 97.7 cm³/mol. The van der Waals surface area contributed by atoms with Gasteiger partial charge in [0.2, 0.25) is 10.0 Å². The van der Waals surface area contributed by atoms with Crippen molar-refractivity contribution in [2.75, 3.05) is 19.6 Å². The van der Waals surface area contributed by atoms with E-state index in [0.29, 0.717) is 12.6 Å². The third kappa shape index (κ3) is 5.79. The largest absolute Gasteiger partial charge is 0.357 e. The summed E-state index contributed by atoms with van der Waals surface area (Å²) in [5.41, 5.74) is 1.03. The number of hydrogen-bond donors (Lipinski definition) is 3. The van der Waals surface area contributed by atoms with Gasteiger partial charge in [0.05, 0.1) is 11.4 Å². The minimum atomic E-state index is -3.47. The topological polar surface area (TPSA) is 82.6 Å². The number of aliphatic imine (C=N–C) groups is 1. The molecule has 1 fully saturated rings. The molecule has 7 heteroatoms. The fourth-order valence-corrected chi connectivity index (χ4v) is 3.75. The highest BCUT2D eigenvalue weighted by molar-refractivity contribution is 7.89. The number of nitrogens with zero attached hydrogens (tertiary/aromatic N) is 1. The molecule has 0 radical (unpaired) electrons. The minimum Gasteiger partial charge on any atom is -0.357 e. The van der Waals surface area contributed by atoms with Crippen molar-refractivity contribution in [3.05, 3.63) is 29.8 Å². The Hall–Kier alpha value is -1.60. The molecular weight excluding hydrogens is 324 g/mol. The van der Waals surface area contributed by atoms with E-state index in [9.17, 15) is 8.42 Å². The van der Waals surface area contributed by atoms with Crippen LogP contribution in [0.1, 0.15) is 38.2 Å². The maximum absolute atomic E-state index is 12.2. The van der Waals surface area contributed by atoms with Gasteiger partial charge in [-0.3, -0.25) is 4.99 Å². The molecule has 0 amide bonds. The van der Waals surface area contributed by atoms with Crippen LogP contribution in [0.15, 0.2) is 34.2 Å². The van der Waals surface area contributed by atoms with Crippen molar-refractivity contribution in [3.63, 3.8) is 0 Å².